The van der Waals surface area contributed by atoms with Crippen molar-refractivity contribution in [1.82, 2.24) is 4.90 Å². The second kappa shape index (κ2) is 7.68. The summed E-state index contributed by atoms with van der Waals surface area (Å²) in [4.78, 5) is 7.12. The second-order valence-electron chi connectivity index (χ2n) is 5.85. The zero-order chi connectivity index (χ0) is 15.9. The first-order valence-electron chi connectivity index (χ1n) is 8.21. The Balaban J connectivity index is 1.75. The number of phenols is 1. The maximum Gasteiger partial charge on any atom is 0.198 e. The summed E-state index contributed by atoms with van der Waals surface area (Å²) in [5, 5.41) is 12.8. The molecule has 120 valence electrons. The van der Waals surface area contributed by atoms with E-state index in [0.717, 1.165) is 30.3 Å². The Morgan fingerprint density at radius 2 is 1.65 bits per heavy atom. The van der Waals surface area contributed by atoms with E-state index in [1.54, 1.807) is 12.1 Å². The molecule has 0 radical (unpaired) electrons. The quantitative estimate of drug-likeness (QED) is 0.669. The third-order valence-electron chi connectivity index (χ3n) is 4.03. The van der Waals surface area contributed by atoms with E-state index in [9.17, 15) is 5.11 Å². The van der Waals surface area contributed by atoms with Gasteiger partial charge in [-0.1, -0.05) is 30.3 Å². The monoisotopic (exact) mass is 309 g/mol. The third kappa shape index (κ3) is 4.49. The van der Waals surface area contributed by atoms with Crippen LogP contribution in [0, 0.1) is 0 Å². The SMILES string of the molecule is Oc1ccc(CN=C(Nc2ccccc2)N2CCCCC2)cc1. The Morgan fingerprint density at radius 1 is 0.957 bits per heavy atom. The van der Waals surface area contributed by atoms with Crippen molar-refractivity contribution in [3.8, 4) is 5.75 Å². The predicted octanol–water partition coefficient (Wildman–Crippen LogP) is 3.85. The molecule has 23 heavy (non-hydrogen) atoms. The van der Waals surface area contributed by atoms with Gasteiger partial charge in [-0.15, -0.1) is 0 Å². The number of nitrogens with zero attached hydrogens (tertiary/aromatic N) is 2. The highest BCUT2D eigenvalue weighted by Gasteiger charge is 2.14. The van der Waals surface area contributed by atoms with Crippen LogP contribution in [0.25, 0.3) is 0 Å². The highest BCUT2D eigenvalue weighted by molar-refractivity contribution is 5.93. The first-order chi connectivity index (χ1) is 11.3. The summed E-state index contributed by atoms with van der Waals surface area (Å²) < 4.78 is 0. The predicted molar refractivity (Wildman–Crippen MR) is 94.7 cm³/mol. The van der Waals surface area contributed by atoms with E-state index in [4.69, 9.17) is 4.99 Å². The van der Waals surface area contributed by atoms with Crippen molar-refractivity contribution >= 4 is 11.6 Å². The molecule has 3 rings (SSSR count). The average Bonchev–Trinajstić information content (AvgIpc) is 2.61. The lowest BCUT2D eigenvalue weighted by Gasteiger charge is -2.30. The molecule has 1 saturated heterocycles. The number of phenolic OH excluding ortho intramolecular Hbond substituents is 1. The Bertz CT molecular complexity index is 631. The fourth-order valence-electron chi connectivity index (χ4n) is 2.74. The molecule has 1 aliphatic rings. The van der Waals surface area contributed by atoms with Crippen LogP contribution in [-0.2, 0) is 6.54 Å². The van der Waals surface area contributed by atoms with Gasteiger partial charge in [0.05, 0.1) is 6.54 Å². The molecule has 0 bridgehead atoms. The summed E-state index contributed by atoms with van der Waals surface area (Å²) in [6.07, 6.45) is 3.73. The molecule has 0 unspecified atom stereocenters. The topological polar surface area (TPSA) is 47.9 Å². The maximum atomic E-state index is 9.38. The number of anilines is 1. The molecule has 2 aromatic rings. The average molecular weight is 309 g/mol. The number of aliphatic imine (C=N–C) groups is 1. The van der Waals surface area contributed by atoms with Gasteiger partial charge in [-0.05, 0) is 49.1 Å². The zero-order valence-corrected chi connectivity index (χ0v) is 13.3. The highest BCUT2D eigenvalue weighted by Crippen LogP contribution is 2.14. The molecule has 1 aliphatic heterocycles. The minimum atomic E-state index is 0.288. The van der Waals surface area contributed by atoms with Gasteiger partial charge in [-0.3, -0.25) is 0 Å². The summed E-state index contributed by atoms with van der Waals surface area (Å²) in [6, 6.07) is 17.4. The Labute approximate surface area is 137 Å². The number of benzene rings is 2. The summed E-state index contributed by atoms with van der Waals surface area (Å²) in [5.41, 5.74) is 2.15. The van der Waals surface area contributed by atoms with Crippen LogP contribution in [0.5, 0.6) is 5.75 Å². The number of guanidine groups is 1. The molecule has 1 fully saturated rings. The minimum absolute atomic E-state index is 0.288. The lowest BCUT2D eigenvalue weighted by atomic mass is 10.1. The zero-order valence-electron chi connectivity index (χ0n) is 13.3. The standard InChI is InChI=1S/C19H23N3O/c23-18-11-9-16(10-12-18)15-20-19(22-13-5-2-6-14-22)21-17-7-3-1-4-8-17/h1,3-4,7-12,23H,2,5-6,13-15H2,(H,20,21). The van der Waals surface area contributed by atoms with E-state index in [-0.39, 0.29) is 5.75 Å². The van der Waals surface area contributed by atoms with Crippen molar-refractivity contribution in [1.29, 1.82) is 0 Å². The third-order valence-corrected chi connectivity index (χ3v) is 4.03. The molecule has 4 nitrogen and oxygen atoms in total. The first kappa shape index (κ1) is 15.4. The smallest absolute Gasteiger partial charge is 0.198 e. The van der Waals surface area contributed by atoms with E-state index < -0.39 is 0 Å². The molecule has 0 spiro atoms. The lowest BCUT2D eigenvalue weighted by molar-refractivity contribution is 0.340. The van der Waals surface area contributed by atoms with Crippen molar-refractivity contribution in [3.63, 3.8) is 0 Å². The summed E-state index contributed by atoms with van der Waals surface area (Å²) in [5.74, 6) is 1.22. The number of likely N-dealkylation sites (tertiary alicyclic amines) is 1. The van der Waals surface area contributed by atoms with Crippen molar-refractivity contribution in [2.24, 2.45) is 4.99 Å². The van der Waals surface area contributed by atoms with E-state index in [0.29, 0.717) is 6.54 Å². The lowest BCUT2D eigenvalue weighted by Crippen LogP contribution is -2.40. The maximum absolute atomic E-state index is 9.38. The molecule has 0 saturated carbocycles. The van der Waals surface area contributed by atoms with Crippen molar-refractivity contribution in [2.45, 2.75) is 25.8 Å². The van der Waals surface area contributed by atoms with E-state index in [2.05, 4.69) is 22.3 Å². The normalized spacial score (nSPS) is 15.5. The number of hydrogen-bond donors (Lipinski definition) is 2. The highest BCUT2D eigenvalue weighted by atomic mass is 16.3. The molecule has 0 amide bonds. The van der Waals surface area contributed by atoms with Crippen LogP contribution in [-0.4, -0.2) is 29.1 Å². The van der Waals surface area contributed by atoms with Gasteiger partial charge in [-0.25, -0.2) is 4.99 Å². The van der Waals surface area contributed by atoms with Crippen molar-refractivity contribution in [2.75, 3.05) is 18.4 Å². The van der Waals surface area contributed by atoms with Gasteiger partial charge in [0.25, 0.3) is 0 Å². The molecular formula is C19H23N3O. The van der Waals surface area contributed by atoms with E-state index in [1.165, 1.54) is 19.3 Å². The molecule has 0 atom stereocenters. The molecule has 0 aliphatic carbocycles. The van der Waals surface area contributed by atoms with Crippen LogP contribution in [0.15, 0.2) is 59.6 Å². The largest absolute Gasteiger partial charge is 0.508 e. The van der Waals surface area contributed by atoms with Crippen LogP contribution in [0.1, 0.15) is 24.8 Å². The van der Waals surface area contributed by atoms with E-state index in [1.807, 2.05) is 30.3 Å². The van der Waals surface area contributed by atoms with Crippen LogP contribution in [0.3, 0.4) is 0 Å². The van der Waals surface area contributed by atoms with Gasteiger partial charge in [-0.2, -0.15) is 0 Å². The van der Waals surface area contributed by atoms with Crippen LogP contribution in [0.4, 0.5) is 5.69 Å². The second-order valence-corrected chi connectivity index (χ2v) is 5.85. The van der Waals surface area contributed by atoms with E-state index >= 15 is 0 Å². The Hall–Kier alpha value is -2.49. The van der Waals surface area contributed by atoms with Gasteiger partial charge >= 0.3 is 0 Å². The van der Waals surface area contributed by atoms with Crippen LogP contribution >= 0.6 is 0 Å². The minimum Gasteiger partial charge on any atom is -0.508 e. The van der Waals surface area contributed by atoms with Crippen LogP contribution in [0.2, 0.25) is 0 Å². The summed E-state index contributed by atoms with van der Waals surface area (Å²) >= 11 is 0. The first-order valence-corrected chi connectivity index (χ1v) is 8.21. The number of piperidine rings is 1. The van der Waals surface area contributed by atoms with Gasteiger partial charge in [0.2, 0.25) is 0 Å². The van der Waals surface area contributed by atoms with Crippen LogP contribution < -0.4 is 5.32 Å². The van der Waals surface area contributed by atoms with Gasteiger partial charge in [0, 0.05) is 18.8 Å². The number of para-hydroxylation sites is 1. The molecule has 2 aromatic carbocycles. The molecule has 2 N–H and O–H groups in total. The summed E-state index contributed by atoms with van der Waals surface area (Å²) in [6.45, 7) is 2.70. The van der Waals surface area contributed by atoms with Crippen molar-refractivity contribution < 1.29 is 5.11 Å². The van der Waals surface area contributed by atoms with Gasteiger partial charge < -0.3 is 15.3 Å². The van der Waals surface area contributed by atoms with Gasteiger partial charge in [0.1, 0.15) is 5.75 Å². The van der Waals surface area contributed by atoms with Crippen molar-refractivity contribution in [3.05, 3.63) is 60.2 Å². The number of rotatable bonds is 3. The fourth-order valence-corrected chi connectivity index (χ4v) is 2.74. The molecule has 1 heterocycles. The number of nitrogens with one attached hydrogen (secondary N) is 1. The van der Waals surface area contributed by atoms with Gasteiger partial charge in [0.15, 0.2) is 5.96 Å². The Morgan fingerprint density at radius 3 is 2.35 bits per heavy atom. The summed E-state index contributed by atoms with van der Waals surface area (Å²) in [7, 11) is 0. The number of aromatic hydroxyl groups is 1. The molecule has 4 heteroatoms. The molecule has 0 aromatic heterocycles. The Kier molecular flexibility index (Phi) is 5.14. The molecular weight excluding hydrogens is 286 g/mol. The number of hydrogen-bond acceptors (Lipinski definition) is 2. The fraction of sp³-hybridized carbons (Fsp3) is 0.316.